The van der Waals surface area contributed by atoms with Crippen LogP contribution in [0.3, 0.4) is 0 Å². The van der Waals surface area contributed by atoms with E-state index in [9.17, 15) is 19.5 Å². The molecular formula is C32H36N2O7. The molecule has 0 spiro atoms. The Bertz CT molecular complexity index is 1380. The molecule has 2 N–H and O–H groups in total. The maximum Gasteiger partial charge on any atom is 0.410 e. The summed E-state index contributed by atoms with van der Waals surface area (Å²) >= 11 is 0. The van der Waals surface area contributed by atoms with Gasteiger partial charge in [-0.15, -0.1) is 0 Å². The Balaban J connectivity index is 1.38. The summed E-state index contributed by atoms with van der Waals surface area (Å²) in [7, 11) is 0. The summed E-state index contributed by atoms with van der Waals surface area (Å²) < 4.78 is 17.0. The molecule has 1 fully saturated rings. The number of fused-ring (bicyclic) bond motifs is 3. The summed E-state index contributed by atoms with van der Waals surface area (Å²) in [4.78, 5) is 39.5. The van der Waals surface area contributed by atoms with Gasteiger partial charge in [-0.25, -0.2) is 14.4 Å². The number of hydrogen-bond acceptors (Lipinski definition) is 6. The van der Waals surface area contributed by atoms with Crippen LogP contribution in [0.2, 0.25) is 0 Å². The van der Waals surface area contributed by atoms with E-state index >= 15 is 0 Å². The van der Waals surface area contributed by atoms with Gasteiger partial charge < -0.3 is 24.3 Å². The fourth-order valence-electron chi connectivity index (χ4n) is 5.85. The molecule has 0 unspecified atom stereocenters. The summed E-state index contributed by atoms with van der Waals surface area (Å²) in [6.45, 7) is 5.53. The van der Waals surface area contributed by atoms with Gasteiger partial charge in [-0.1, -0.05) is 61.4 Å². The first-order chi connectivity index (χ1) is 19.6. The molecule has 1 heterocycles. The molecule has 9 nitrogen and oxygen atoms in total. The highest BCUT2D eigenvalue weighted by molar-refractivity contribution is 5.84. The zero-order valence-corrected chi connectivity index (χ0v) is 23.6. The zero-order chi connectivity index (χ0) is 29.1. The van der Waals surface area contributed by atoms with E-state index < -0.39 is 29.8 Å². The molecule has 3 aromatic rings. The number of aromatic carboxylic acids is 1. The van der Waals surface area contributed by atoms with Crippen LogP contribution in [0, 0.1) is 0 Å². The van der Waals surface area contributed by atoms with Crippen molar-refractivity contribution in [3.8, 4) is 11.1 Å². The van der Waals surface area contributed by atoms with Crippen LogP contribution in [0.1, 0.15) is 79.8 Å². The minimum Gasteiger partial charge on any atom is -0.475 e. The first-order valence-electron chi connectivity index (χ1n) is 14.0. The van der Waals surface area contributed by atoms with Gasteiger partial charge in [0.1, 0.15) is 18.0 Å². The molecular weight excluding hydrogens is 524 g/mol. The number of carbonyl (C=O) groups excluding carboxylic acids is 2. The summed E-state index contributed by atoms with van der Waals surface area (Å²) in [5, 5.41) is 12.3. The number of nitrogens with one attached hydrogen (secondary N) is 1. The average Bonchev–Trinajstić information content (AvgIpc) is 3.53. The molecule has 41 heavy (non-hydrogen) atoms. The average molecular weight is 561 g/mol. The molecule has 216 valence electrons. The van der Waals surface area contributed by atoms with Crippen LogP contribution in [0.4, 0.5) is 9.59 Å². The Kier molecular flexibility index (Phi) is 8.06. The maximum atomic E-state index is 13.8. The Morgan fingerprint density at radius 2 is 1.59 bits per heavy atom. The van der Waals surface area contributed by atoms with Gasteiger partial charge in [0.05, 0.1) is 18.6 Å². The molecule has 0 radical (unpaired) electrons. The van der Waals surface area contributed by atoms with Crippen LogP contribution < -0.4 is 5.32 Å². The first kappa shape index (κ1) is 28.3. The van der Waals surface area contributed by atoms with Crippen LogP contribution in [0.25, 0.3) is 11.1 Å². The highest BCUT2D eigenvalue weighted by atomic mass is 16.6. The number of carboxylic acid groups (broad SMARTS) is 1. The maximum absolute atomic E-state index is 13.8. The smallest absolute Gasteiger partial charge is 0.410 e. The second-order valence-electron chi connectivity index (χ2n) is 11.6. The number of benzene rings is 2. The van der Waals surface area contributed by atoms with Crippen molar-refractivity contribution < 1.29 is 33.4 Å². The number of alkyl carbamates (subject to hydrolysis) is 1. The molecule has 2 amide bonds. The summed E-state index contributed by atoms with van der Waals surface area (Å²) in [6, 6.07) is 18.4. The van der Waals surface area contributed by atoms with Gasteiger partial charge in [0.2, 0.25) is 5.76 Å². The zero-order valence-electron chi connectivity index (χ0n) is 23.6. The van der Waals surface area contributed by atoms with Crippen molar-refractivity contribution in [1.82, 2.24) is 10.2 Å². The van der Waals surface area contributed by atoms with Crippen molar-refractivity contribution in [3.05, 3.63) is 83.3 Å². The number of nitrogens with zero attached hydrogens (tertiary/aromatic N) is 1. The van der Waals surface area contributed by atoms with E-state index in [-0.39, 0.29) is 30.9 Å². The fourth-order valence-corrected chi connectivity index (χ4v) is 5.85. The third-order valence-corrected chi connectivity index (χ3v) is 7.60. The lowest BCUT2D eigenvalue weighted by atomic mass is 9.89. The predicted molar refractivity (Wildman–Crippen MR) is 152 cm³/mol. The molecule has 0 saturated heterocycles. The Labute approximate surface area is 239 Å². The fraction of sp³-hybridized carbons (Fsp3) is 0.406. The van der Waals surface area contributed by atoms with E-state index in [4.69, 9.17) is 13.9 Å². The van der Waals surface area contributed by atoms with Crippen LogP contribution in [0.5, 0.6) is 0 Å². The van der Waals surface area contributed by atoms with E-state index in [0.717, 1.165) is 35.1 Å². The lowest BCUT2D eigenvalue weighted by Crippen LogP contribution is -2.55. The molecule has 2 aliphatic rings. The highest BCUT2D eigenvalue weighted by Crippen LogP contribution is 2.44. The number of carbonyl (C=O) groups is 3. The quantitative estimate of drug-likeness (QED) is 0.336. The summed E-state index contributed by atoms with van der Waals surface area (Å²) in [5.41, 5.74) is 3.81. The Hall–Kier alpha value is -4.27. The SMILES string of the molecule is CC(C)(C)OC(=O)N[C@H]1CCCC[C@@H]1N(Cc1ccc(C(=O)O)o1)C(=O)OCC1c2ccccc2-c2ccccc21. The Morgan fingerprint density at radius 1 is 0.951 bits per heavy atom. The van der Waals surface area contributed by atoms with Gasteiger partial charge in [0.15, 0.2) is 0 Å². The number of ether oxygens (including phenoxy) is 2. The van der Waals surface area contributed by atoms with E-state index in [0.29, 0.717) is 18.6 Å². The molecule has 1 aromatic heterocycles. The molecule has 9 heteroatoms. The predicted octanol–water partition coefficient (Wildman–Crippen LogP) is 6.56. The van der Waals surface area contributed by atoms with Gasteiger partial charge >= 0.3 is 18.2 Å². The third-order valence-electron chi connectivity index (χ3n) is 7.60. The number of hydrogen-bond donors (Lipinski definition) is 2. The topological polar surface area (TPSA) is 118 Å². The van der Waals surface area contributed by atoms with Gasteiger partial charge in [-0.3, -0.25) is 4.90 Å². The lowest BCUT2D eigenvalue weighted by Gasteiger charge is -2.39. The third kappa shape index (κ3) is 6.39. The molecule has 2 aromatic carbocycles. The first-order valence-corrected chi connectivity index (χ1v) is 14.0. The number of furan rings is 1. The van der Waals surface area contributed by atoms with Crippen LogP contribution in [0.15, 0.2) is 65.1 Å². The molecule has 2 atom stereocenters. The standard InChI is InChI=1S/C32H36N2O7/c1-32(2,3)41-30(37)33-26-14-8-9-15-27(26)34(18-20-16-17-28(40-20)29(35)36)31(38)39-19-25-23-12-6-4-10-21(23)22-11-5-7-13-24(22)25/h4-7,10-13,16-17,25-27H,8-9,14-15,18-19H2,1-3H3,(H,33,37)(H,35,36)/t26-,27-/m0/s1. The van der Waals surface area contributed by atoms with Crippen molar-refractivity contribution >= 4 is 18.2 Å². The van der Waals surface area contributed by atoms with Crippen LogP contribution >= 0.6 is 0 Å². The molecule has 5 rings (SSSR count). The highest BCUT2D eigenvalue weighted by Gasteiger charge is 2.37. The lowest BCUT2D eigenvalue weighted by molar-refractivity contribution is 0.0354. The van der Waals surface area contributed by atoms with Crippen molar-refractivity contribution in [2.24, 2.45) is 0 Å². The van der Waals surface area contributed by atoms with Crippen LogP contribution in [-0.2, 0) is 16.0 Å². The van der Waals surface area contributed by atoms with Crippen molar-refractivity contribution in [3.63, 3.8) is 0 Å². The van der Waals surface area contributed by atoms with Gasteiger partial charge in [0, 0.05) is 5.92 Å². The van der Waals surface area contributed by atoms with E-state index in [2.05, 4.69) is 29.6 Å². The van der Waals surface area contributed by atoms with E-state index in [1.54, 1.807) is 31.7 Å². The minimum atomic E-state index is -1.19. The number of carboxylic acids is 1. The summed E-state index contributed by atoms with van der Waals surface area (Å²) in [6.07, 6.45) is 1.95. The van der Waals surface area contributed by atoms with Crippen molar-refractivity contribution in [1.29, 1.82) is 0 Å². The monoisotopic (exact) mass is 560 g/mol. The molecule has 0 aliphatic heterocycles. The largest absolute Gasteiger partial charge is 0.475 e. The summed E-state index contributed by atoms with van der Waals surface area (Å²) in [5.74, 6) is -1.19. The van der Waals surface area contributed by atoms with Crippen molar-refractivity contribution in [2.45, 2.75) is 76.6 Å². The van der Waals surface area contributed by atoms with Gasteiger partial charge in [-0.05, 0) is 68.0 Å². The van der Waals surface area contributed by atoms with E-state index in [1.807, 2.05) is 24.3 Å². The van der Waals surface area contributed by atoms with Gasteiger partial charge in [0.25, 0.3) is 0 Å². The Morgan fingerprint density at radius 3 is 2.20 bits per heavy atom. The minimum absolute atomic E-state index is 0.00111. The number of amides is 2. The van der Waals surface area contributed by atoms with Gasteiger partial charge in [-0.2, -0.15) is 0 Å². The molecule has 1 saturated carbocycles. The second-order valence-corrected chi connectivity index (χ2v) is 11.6. The number of rotatable bonds is 7. The normalized spacial score (nSPS) is 18.2. The molecule has 0 bridgehead atoms. The van der Waals surface area contributed by atoms with Crippen molar-refractivity contribution in [2.75, 3.05) is 6.61 Å². The van der Waals surface area contributed by atoms with E-state index in [1.165, 1.54) is 6.07 Å². The molecule has 2 aliphatic carbocycles. The van der Waals surface area contributed by atoms with Crippen LogP contribution in [-0.4, -0.2) is 52.5 Å². The second kappa shape index (κ2) is 11.7.